The Hall–Kier alpha value is -2.29. The third kappa shape index (κ3) is 2.52. The zero-order chi connectivity index (χ0) is 13.9. The lowest BCUT2D eigenvalue weighted by atomic mass is 10.1. The van der Waals surface area contributed by atoms with Crippen LogP contribution >= 0.6 is 0 Å². The molecule has 0 aromatic heterocycles. The van der Waals surface area contributed by atoms with Crippen molar-refractivity contribution >= 4 is 11.6 Å². The first-order chi connectivity index (χ1) is 9.76. The van der Waals surface area contributed by atoms with Gasteiger partial charge in [-0.2, -0.15) is 0 Å². The quantitative estimate of drug-likeness (QED) is 0.925. The Morgan fingerprint density at radius 1 is 1.20 bits per heavy atom. The SMILES string of the molecule is CCc1ccc(NC(=O)c2ccc3c(c2)CCO3)cc1. The van der Waals surface area contributed by atoms with Crippen LogP contribution in [0.5, 0.6) is 5.75 Å². The minimum absolute atomic E-state index is 0.0797. The second-order valence-corrected chi connectivity index (χ2v) is 4.93. The van der Waals surface area contributed by atoms with E-state index in [1.54, 1.807) is 6.07 Å². The molecule has 0 fully saturated rings. The van der Waals surface area contributed by atoms with Crippen LogP contribution in [-0.4, -0.2) is 12.5 Å². The van der Waals surface area contributed by atoms with Gasteiger partial charge in [-0.25, -0.2) is 0 Å². The van der Waals surface area contributed by atoms with Gasteiger partial charge in [0.05, 0.1) is 6.61 Å². The molecule has 3 rings (SSSR count). The van der Waals surface area contributed by atoms with Crippen molar-refractivity contribution in [1.82, 2.24) is 0 Å². The number of anilines is 1. The number of aryl methyl sites for hydroxylation is 1. The molecular formula is C17H17NO2. The third-order valence-electron chi connectivity index (χ3n) is 3.57. The molecule has 0 bridgehead atoms. The fraction of sp³-hybridized carbons (Fsp3) is 0.235. The van der Waals surface area contributed by atoms with Crippen LogP contribution in [0, 0.1) is 0 Å². The van der Waals surface area contributed by atoms with Crippen molar-refractivity contribution in [2.75, 3.05) is 11.9 Å². The van der Waals surface area contributed by atoms with Crippen molar-refractivity contribution in [1.29, 1.82) is 0 Å². The summed E-state index contributed by atoms with van der Waals surface area (Å²) in [5, 5.41) is 2.92. The van der Waals surface area contributed by atoms with Gasteiger partial charge in [0.25, 0.3) is 5.91 Å². The van der Waals surface area contributed by atoms with Gasteiger partial charge in [-0.05, 0) is 47.9 Å². The van der Waals surface area contributed by atoms with Gasteiger partial charge >= 0.3 is 0 Å². The minimum Gasteiger partial charge on any atom is -0.493 e. The van der Waals surface area contributed by atoms with E-state index in [0.29, 0.717) is 12.2 Å². The van der Waals surface area contributed by atoms with Gasteiger partial charge < -0.3 is 10.1 Å². The number of rotatable bonds is 3. The number of ether oxygens (including phenoxy) is 1. The number of carbonyl (C=O) groups is 1. The van der Waals surface area contributed by atoms with Gasteiger partial charge in [0, 0.05) is 17.7 Å². The third-order valence-corrected chi connectivity index (χ3v) is 3.57. The van der Waals surface area contributed by atoms with E-state index in [9.17, 15) is 4.79 Å². The van der Waals surface area contributed by atoms with Crippen LogP contribution in [0.2, 0.25) is 0 Å². The number of amides is 1. The van der Waals surface area contributed by atoms with Crippen LogP contribution in [-0.2, 0) is 12.8 Å². The van der Waals surface area contributed by atoms with E-state index in [1.807, 2.05) is 36.4 Å². The van der Waals surface area contributed by atoms with Crippen LogP contribution in [0.4, 0.5) is 5.69 Å². The normalized spacial score (nSPS) is 12.7. The fourth-order valence-electron chi connectivity index (χ4n) is 2.35. The Morgan fingerprint density at radius 3 is 2.75 bits per heavy atom. The highest BCUT2D eigenvalue weighted by atomic mass is 16.5. The summed E-state index contributed by atoms with van der Waals surface area (Å²) in [5.41, 5.74) is 3.87. The summed E-state index contributed by atoms with van der Waals surface area (Å²) >= 11 is 0. The standard InChI is InChI=1S/C17H17NO2/c1-2-12-3-6-15(7-4-12)18-17(19)14-5-8-16-13(11-14)9-10-20-16/h3-8,11H,2,9-10H2,1H3,(H,18,19). The number of benzene rings is 2. The number of hydrogen-bond acceptors (Lipinski definition) is 2. The molecule has 0 saturated heterocycles. The molecule has 0 aliphatic carbocycles. The monoisotopic (exact) mass is 267 g/mol. The molecular weight excluding hydrogens is 250 g/mol. The van der Waals surface area contributed by atoms with Crippen LogP contribution < -0.4 is 10.1 Å². The Kier molecular flexibility index (Phi) is 3.42. The smallest absolute Gasteiger partial charge is 0.255 e. The van der Waals surface area contributed by atoms with Gasteiger partial charge in [0.1, 0.15) is 5.75 Å². The van der Waals surface area contributed by atoms with E-state index < -0.39 is 0 Å². The fourth-order valence-corrected chi connectivity index (χ4v) is 2.35. The van der Waals surface area contributed by atoms with E-state index in [-0.39, 0.29) is 5.91 Å². The summed E-state index contributed by atoms with van der Waals surface area (Å²) in [7, 11) is 0. The van der Waals surface area contributed by atoms with Gasteiger partial charge in [-0.3, -0.25) is 4.79 Å². The molecule has 1 N–H and O–H groups in total. The van der Waals surface area contributed by atoms with E-state index in [0.717, 1.165) is 29.8 Å². The molecule has 1 aliphatic heterocycles. The van der Waals surface area contributed by atoms with E-state index in [1.165, 1.54) is 5.56 Å². The summed E-state index contributed by atoms with van der Waals surface area (Å²) < 4.78 is 5.45. The van der Waals surface area contributed by atoms with Crippen molar-refractivity contribution in [3.05, 3.63) is 59.2 Å². The predicted molar refractivity (Wildman–Crippen MR) is 79.4 cm³/mol. The topological polar surface area (TPSA) is 38.3 Å². The Balaban J connectivity index is 1.75. The maximum absolute atomic E-state index is 12.2. The zero-order valence-corrected chi connectivity index (χ0v) is 11.5. The summed E-state index contributed by atoms with van der Waals surface area (Å²) in [5.74, 6) is 0.817. The van der Waals surface area contributed by atoms with Crippen molar-refractivity contribution < 1.29 is 9.53 Å². The van der Waals surface area contributed by atoms with E-state index in [2.05, 4.69) is 12.2 Å². The maximum atomic E-state index is 12.2. The zero-order valence-electron chi connectivity index (χ0n) is 11.5. The molecule has 2 aromatic rings. The molecule has 0 radical (unpaired) electrons. The molecule has 20 heavy (non-hydrogen) atoms. The Bertz CT molecular complexity index is 632. The highest BCUT2D eigenvalue weighted by Crippen LogP contribution is 2.26. The van der Waals surface area contributed by atoms with Crippen LogP contribution in [0.15, 0.2) is 42.5 Å². The molecule has 0 unspecified atom stereocenters. The van der Waals surface area contributed by atoms with Crippen molar-refractivity contribution in [3.8, 4) is 5.75 Å². The molecule has 1 aliphatic rings. The minimum atomic E-state index is -0.0797. The maximum Gasteiger partial charge on any atom is 0.255 e. The number of hydrogen-bond donors (Lipinski definition) is 1. The average Bonchev–Trinajstić information content (AvgIpc) is 2.95. The molecule has 0 atom stereocenters. The lowest BCUT2D eigenvalue weighted by molar-refractivity contribution is 0.102. The molecule has 3 heteroatoms. The first-order valence-corrected chi connectivity index (χ1v) is 6.92. The second-order valence-electron chi connectivity index (χ2n) is 4.93. The van der Waals surface area contributed by atoms with Crippen LogP contribution in [0.3, 0.4) is 0 Å². The van der Waals surface area contributed by atoms with Crippen molar-refractivity contribution in [3.63, 3.8) is 0 Å². The Morgan fingerprint density at radius 2 is 2.00 bits per heavy atom. The van der Waals surface area contributed by atoms with Crippen molar-refractivity contribution in [2.45, 2.75) is 19.8 Å². The summed E-state index contributed by atoms with van der Waals surface area (Å²) in [6.45, 7) is 2.82. The molecule has 102 valence electrons. The summed E-state index contributed by atoms with van der Waals surface area (Å²) in [6, 6.07) is 13.5. The van der Waals surface area contributed by atoms with Gasteiger partial charge in [-0.1, -0.05) is 19.1 Å². The van der Waals surface area contributed by atoms with Crippen LogP contribution in [0.25, 0.3) is 0 Å². The molecule has 1 amide bonds. The molecule has 2 aromatic carbocycles. The van der Waals surface area contributed by atoms with Gasteiger partial charge in [0.15, 0.2) is 0 Å². The van der Waals surface area contributed by atoms with E-state index in [4.69, 9.17) is 4.74 Å². The number of carbonyl (C=O) groups excluding carboxylic acids is 1. The molecule has 1 heterocycles. The second kappa shape index (κ2) is 5.37. The molecule has 0 spiro atoms. The highest BCUT2D eigenvalue weighted by Gasteiger charge is 2.15. The van der Waals surface area contributed by atoms with Gasteiger partial charge in [-0.15, -0.1) is 0 Å². The summed E-state index contributed by atoms with van der Waals surface area (Å²) in [4.78, 5) is 12.2. The van der Waals surface area contributed by atoms with Gasteiger partial charge in [0.2, 0.25) is 0 Å². The Labute approximate surface area is 118 Å². The van der Waals surface area contributed by atoms with E-state index >= 15 is 0 Å². The van der Waals surface area contributed by atoms with Crippen LogP contribution in [0.1, 0.15) is 28.4 Å². The average molecular weight is 267 g/mol. The number of nitrogens with one attached hydrogen (secondary N) is 1. The lowest BCUT2D eigenvalue weighted by Crippen LogP contribution is -2.12. The highest BCUT2D eigenvalue weighted by molar-refractivity contribution is 6.04. The first-order valence-electron chi connectivity index (χ1n) is 6.92. The number of fused-ring (bicyclic) bond motifs is 1. The molecule has 0 saturated carbocycles. The summed E-state index contributed by atoms with van der Waals surface area (Å²) in [6.07, 6.45) is 1.88. The molecule has 3 nitrogen and oxygen atoms in total. The first kappa shape index (κ1) is 12.7. The largest absolute Gasteiger partial charge is 0.493 e. The van der Waals surface area contributed by atoms with Crippen molar-refractivity contribution in [2.24, 2.45) is 0 Å². The predicted octanol–water partition coefficient (Wildman–Crippen LogP) is 3.44. The lowest BCUT2D eigenvalue weighted by Gasteiger charge is -2.07.